The highest BCUT2D eigenvalue weighted by molar-refractivity contribution is 7.47. The van der Waals surface area contributed by atoms with Crippen LogP contribution in [-0.2, 0) is 74.2 Å². The van der Waals surface area contributed by atoms with Gasteiger partial charge in [0.05, 0.1) is 51.8 Å². The van der Waals surface area contributed by atoms with Gasteiger partial charge in [-0.15, -0.1) is 5.10 Å². The Balaban J connectivity index is 1.41. The molecule has 2 aliphatic heterocycles. The molecule has 1 aromatic heterocycles. The standard InChI is InChI=1S/C26H45BN3O14P/c1-15-16(2)26(43-21(14-39-17(3)31)22(15)41-18(4)32)38-10-9-37-8-7-30-11-19(28-29-30)12-40-24-23(44-45(33,34)36-6)20(13-35-5)42-25(24)27/h11,15-16,20-26H,7-10,12-14,27H2,1-6H3,(H,33,34)/t15?,16?,20-,21?,22?,23+,24?,25-,26?/m1/s1. The van der Waals surface area contributed by atoms with E-state index >= 15 is 0 Å². The van der Waals surface area contributed by atoms with Gasteiger partial charge >= 0.3 is 19.8 Å². The number of phosphoric acid groups is 1. The molecule has 1 aromatic rings. The van der Waals surface area contributed by atoms with Crippen LogP contribution in [0.15, 0.2) is 6.20 Å². The van der Waals surface area contributed by atoms with Crippen LogP contribution in [0.4, 0.5) is 0 Å². The van der Waals surface area contributed by atoms with Crippen LogP contribution in [0, 0.1) is 11.8 Å². The second kappa shape index (κ2) is 17.8. The maximum atomic E-state index is 12.1. The first-order valence-corrected chi connectivity index (χ1v) is 16.2. The van der Waals surface area contributed by atoms with Crippen LogP contribution in [0.3, 0.4) is 0 Å². The number of esters is 2. The SMILES string of the molecule is B[C@@H]1O[C@H](COC)[C@H](OP(=O)(O)OC)C1OCc1cn(CCOCCOC2OC(COC(C)=O)C(OC(C)=O)C(C)C2C)nn1. The van der Waals surface area contributed by atoms with Crippen molar-refractivity contribution in [1.29, 1.82) is 0 Å². The summed E-state index contributed by atoms with van der Waals surface area (Å²) >= 11 is 0. The summed E-state index contributed by atoms with van der Waals surface area (Å²) in [5.74, 6) is -1.10. The van der Waals surface area contributed by atoms with Gasteiger partial charge in [0, 0.05) is 39.9 Å². The highest BCUT2D eigenvalue weighted by atomic mass is 31.2. The lowest BCUT2D eigenvalue weighted by Crippen LogP contribution is -2.53. The molecule has 10 atom stereocenters. The number of ether oxygens (including phenoxy) is 8. The van der Waals surface area contributed by atoms with Crippen LogP contribution in [0.25, 0.3) is 0 Å². The van der Waals surface area contributed by atoms with E-state index in [-0.39, 0.29) is 44.9 Å². The zero-order valence-corrected chi connectivity index (χ0v) is 27.7. The van der Waals surface area contributed by atoms with E-state index in [1.807, 2.05) is 13.8 Å². The van der Waals surface area contributed by atoms with E-state index in [0.29, 0.717) is 18.8 Å². The van der Waals surface area contributed by atoms with Gasteiger partial charge in [0.25, 0.3) is 0 Å². The molecule has 3 heterocycles. The predicted molar refractivity (Wildman–Crippen MR) is 155 cm³/mol. The van der Waals surface area contributed by atoms with Crippen molar-refractivity contribution in [2.24, 2.45) is 11.8 Å². The number of phosphoric ester groups is 1. The number of hydrogen-bond donors (Lipinski definition) is 1. The fourth-order valence-electron chi connectivity index (χ4n) is 5.10. The number of methoxy groups -OCH3 is 1. The smallest absolute Gasteiger partial charge is 0.463 e. The van der Waals surface area contributed by atoms with Gasteiger partial charge in [-0.3, -0.25) is 18.6 Å². The average molecular weight is 665 g/mol. The normalized spacial score (nSPS) is 31.4. The molecule has 2 aliphatic rings. The van der Waals surface area contributed by atoms with Crippen LogP contribution < -0.4 is 0 Å². The summed E-state index contributed by atoms with van der Waals surface area (Å²) in [5, 5.41) is 8.20. The Morgan fingerprint density at radius 1 is 1.00 bits per heavy atom. The summed E-state index contributed by atoms with van der Waals surface area (Å²) in [6.45, 7) is 7.93. The molecule has 0 radical (unpaired) electrons. The molecule has 2 saturated heterocycles. The average Bonchev–Trinajstić information content (AvgIpc) is 3.55. The molecule has 0 aromatic carbocycles. The molecule has 256 valence electrons. The number of carbonyl (C=O) groups is 2. The van der Waals surface area contributed by atoms with Gasteiger partial charge in [-0.05, 0) is 0 Å². The van der Waals surface area contributed by atoms with E-state index in [4.69, 9.17) is 42.4 Å². The fraction of sp³-hybridized carbons (Fsp3) is 0.846. The fourth-order valence-corrected chi connectivity index (χ4v) is 5.75. The lowest BCUT2D eigenvalue weighted by Gasteiger charge is -2.43. The minimum Gasteiger partial charge on any atom is -0.463 e. The summed E-state index contributed by atoms with van der Waals surface area (Å²) < 4.78 is 68.7. The van der Waals surface area contributed by atoms with Crippen LogP contribution in [-0.4, -0.2) is 130 Å². The monoisotopic (exact) mass is 665 g/mol. The topological polar surface area (TPSA) is 194 Å². The molecule has 3 rings (SSSR count). The van der Waals surface area contributed by atoms with Crippen molar-refractivity contribution in [3.05, 3.63) is 11.9 Å². The van der Waals surface area contributed by atoms with Crippen LogP contribution in [0.5, 0.6) is 0 Å². The molecule has 17 nitrogen and oxygen atoms in total. The van der Waals surface area contributed by atoms with Gasteiger partial charge in [-0.2, -0.15) is 0 Å². The Kier molecular flexibility index (Phi) is 14.8. The molecule has 19 heteroatoms. The Hall–Kier alpha value is -1.99. The quantitative estimate of drug-likeness (QED) is 0.0939. The zero-order chi connectivity index (χ0) is 33.1. The summed E-state index contributed by atoms with van der Waals surface area (Å²) in [6.07, 6.45) is -2.33. The van der Waals surface area contributed by atoms with Crippen molar-refractivity contribution < 1.29 is 66.0 Å². The van der Waals surface area contributed by atoms with Crippen LogP contribution >= 0.6 is 7.82 Å². The minimum absolute atomic E-state index is 0.0552. The largest absolute Gasteiger partial charge is 0.472 e. The van der Waals surface area contributed by atoms with E-state index < -0.39 is 62.6 Å². The molecule has 0 amide bonds. The highest BCUT2D eigenvalue weighted by Crippen LogP contribution is 2.46. The molecule has 7 unspecified atom stereocenters. The van der Waals surface area contributed by atoms with Gasteiger partial charge in [0.2, 0.25) is 0 Å². The van der Waals surface area contributed by atoms with Crippen molar-refractivity contribution >= 4 is 27.6 Å². The summed E-state index contributed by atoms with van der Waals surface area (Å²) in [5.41, 5.74) is 0.534. The van der Waals surface area contributed by atoms with Crippen molar-refractivity contribution in [1.82, 2.24) is 15.0 Å². The van der Waals surface area contributed by atoms with E-state index in [2.05, 4.69) is 14.8 Å². The molecular formula is C26H45BN3O14P. The van der Waals surface area contributed by atoms with Gasteiger partial charge < -0.3 is 42.8 Å². The molecular weight excluding hydrogens is 620 g/mol. The van der Waals surface area contributed by atoms with Gasteiger partial charge in [-0.1, -0.05) is 19.1 Å². The molecule has 45 heavy (non-hydrogen) atoms. The number of hydrogen-bond acceptors (Lipinski definition) is 15. The molecule has 0 bridgehead atoms. The second-order valence-electron chi connectivity index (χ2n) is 10.9. The number of rotatable bonds is 18. The lowest BCUT2D eigenvalue weighted by molar-refractivity contribution is -0.275. The number of nitrogens with zero attached hydrogens (tertiary/aromatic N) is 3. The van der Waals surface area contributed by atoms with Crippen LogP contribution in [0.2, 0.25) is 0 Å². The molecule has 0 saturated carbocycles. The second-order valence-corrected chi connectivity index (χ2v) is 12.4. The van der Waals surface area contributed by atoms with Crippen molar-refractivity contribution in [3.8, 4) is 0 Å². The number of aromatic nitrogens is 3. The third kappa shape index (κ3) is 11.3. The van der Waals surface area contributed by atoms with Gasteiger partial charge in [0.1, 0.15) is 50.7 Å². The predicted octanol–water partition coefficient (Wildman–Crippen LogP) is -0.175. The van der Waals surface area contributed by atoms with E-state index in [0.717, 1.165) is 7.11 Å². The molecule has 0 spiro atoms. The summed E-state index contributed by atoms with van der Waals surface area (Å²) in [4.78, 5) is 32.8. The Morgan fingerprint density at radius 3 is 2.40 bits per heavy atom. The Bertz CT molecular complexity index is 1130. The first-order chi connectivity index (χ1) is 21.3. The maximum Gasteiger partial charge on any atom is 0.472 e. The first kappa shape index (κ1) is 37.5. The van der Waals surface area contributed by atoms with E-state index in [1.54, 1.807) is 18.7 Å². The first-order valence-electron chi connectivity index (χ1n) is 14.7. The minimum atomic E-state index is -4.30. The van der Waals surface area contributed by atoms with Crippen molar-refractivity contribution in [2.45, 2.75) is 83.7 Å². The molecule has 0 aliphatic carbocycles. The zero-order valence-electron chi connectivity index (χ0n) is 26.8. The van der Waals surface area contributed by atoms with Gasteiger partial charge in [-0.25, -0.2) is 9.25 Å². The summed E-state index contributed by atoms with van der Waals surface area (Å²) in [7, 11) is 0.0378. The van der Waals surface area contributed by atoms with Gasteiger partial charge in [0.15, 0.2) is 6.29 Å². The maximum absolute atomic E-state index is 12.1. The van der Waals surface area contributed by atoms with Crippen molar-refractivity contribution in [2.75, 3.05) is 47.3 Å². The Labute approximate surface area is 263 Å². The number of carbonyl (C=O) groups excluding carboxylic acids is 2. The van der Waals surface area contributed by atoms with Crippen molar-refractivity contribution in [3.63, 3.8) is 0 Å². The van der Waals surface area contributed by atoms with E-state index in [9.17, 15) is 19.0 Å². The molecule has 1 N–H and O–H groups in total. The lowest BCUT2D eigenvalue weighted by atomic mass is 9.84. The molecule has 2 fully saturated rings. The van der Waals surface area contributed by atoms with Crippen LogP contribution in [0.1, 0.15) is 33.4 Å². The third-order valence-electron chi connectivity index (χ3n) is 7.55. The summed E-state index contributed by atoms with van der Waals surface area (Å²) in [6, 6.07) is -0.446. The Morgan fingerprint density at radius 2 is 1.73 bits per heavy atom. The van der Waals surface area contributed by atoms with E-state index in [1.165, 1.54) is 21.0 Å². The third-order valence-corrected chi connectivity index (χ3v) is 8.52. The highest BCUT2D eigenvalue weighted by Gasteiger charge is 2.47.